The molecule has 8 nitrogen and oxygen atoms in total. The van der Waals surface area contributed by atoms with Gasteiger partial charge >= 0.3 is 6.09 Å². The largest absolute Gasteiger partial charge is 0.453 e. The second-order valence-corrected chi connectivity index (χ2v) is 9.10. The number of nitro groups is 1. The van der Waals surface area contributed by atoms with E-state index in [-0.39, 0.29) is 28.8 Å². The van der Waals surface area contributed by atoms with Crippen molar-refractivity contribution in [1.82, 2.24) is 4.90 Å². The van der Waals surface area contributed by atoms with Crippen LogP contribution in [0.25, 0.3) is 11.1 Å². The van der Waals surface area contributed by atoms with Crippen molar-refractivity contribution in [3.05, 3.63) is 58.1 Å². The Hall–Kier alpha value is -3.13. The molecule has 0 radical (unpaired) electrons. The minimum Gasteiger partial charge on any atom is -0.453 e. The van der Waals surface area contributed by atoms with Gasteiger partial charge in [-0.15, -0.1) is 0 Å². The molecular weight excluding hydrogens is 432 g/mol. The van der Waals surface area contributed by atoms with Crippen molar-refractivity contribution in [2.24, 2.45) is 5.73 Å². The fraction of sp³-hybridized carbons (Fsp3) is 0.500. The van der Waals surface area contributed by atoms with Gasteiger partial charge in [0.25, 0.3) is 5.69 Å². The normalized spacial score (nSPS) is 17.8. The van der Waals surface area contributed by atoms with Gasteiger partial charge in [-0.25, -0.2) is 4.79 Å². The number of unbranched alkanes of at least 4 members (excludes halogenated alkanes) is 1. The van der Waals surface area contributed by atoms with Crippen molar-refractivity contribution < 1.29 is 14.5 Å². The van der Waals surface area contributed by atoms with Crippen LogP contribution in [0.15, 0.2) is 42.5 Å². The molecule has 0 atom stereocenters. The minimum absolute atomic E-state index is 0.0925. The number of carbonyl (C=O) groups excluding carboxylic acids is 1. The first kappa shape index (κ1) is 25.5. The Bertz CT molecular complexity index is 989. The van der Waals surface area contributed by atoms with Crippen LogP contribution in [0, 0.1) is 10.1 Å². The Labute approximate surface area is 201 Å². The van der Waals surface area contributed by atoms with Crippen LogP contribution in [0.3, 0.4) is 0 Å². The number of benzene rings is 2. The van der Waals surface area contributed by atoms with Crippen molar-refractivity contribution in [2.75, 3.05) is 25.6 Å². The van der Waals surface area contributed by atoms with Crippen LogP contribution in [-0.4, -0.2) is 48.7 Å². The van der Waals surface area contributed by atoms with E-state index in [4.69, 9.17) is 10.5 Å². The maximum absolute atomic E-state index is 12.5. The number of hydrogen-bond acceptors (Lipinski definition) is 6. The van der Waals surface area contributed by atoms with Gasteiger partial charge in [-0.2, -0.15) is 0 Å². The average Bonchev–Trinajstić information content (AvgIpc) is 2.85. The smallest absolute Gasteiger partial charge is 0.410 e. The number of hydrogen-bond donors (Lipinski definition) is 1. The van der Waals surface area contributed by atoms with Crippen molar-refractivity contribution in [2.45, 2.75) is 64.1 Å². The molecule has 3 rings (SSSR count). The molecule has 0 bridgehead atoms. The molecule has 184 valence electrons. The molecule has 2 aromatic carbocycles. The minimum atomic E-state index is -0.346. The van der Waals surface area contributed by atoms with Crippen LogP contribution in [0.2, 0.25) is 0 Å². The topological polar surface area (TPSA) is 102 Å². The second-order valence-electron chi connectivity index (χ2n) is 9.10. The summed E-state index contributed by atoms with van der Waals surface area (Å²) in [6, 6.07) is 13.5. The zero-order chi connectivity index (χ0) is 24.7. The van der Waals surface area contributed by atoms with E-state index in [0.29, 0.717) is 12.2 Å². The van der Waals surface area contributed by atoms with Gasteiger partial charge < -0.3 is 20.3 Å². The zero-order valence-corrected chi connectivity index (χ0v) is 20.4. The molecule has 0 unspecified atom stereocenters. The predicted octanol–water partition coefficient (Wildman–Crippen LogP) is 5.34. The summed E-state index contributed by atoms with van der Waals surface area (Å²) in [6.45, 7) is 3.28. The van der Waals surface area contributed by atoms with E-state index in [2.05, 4.69) is 6.92 Å². The third-order valence-corrected chi connectivity index (χ3v) is 6.63. The Morgan fingerprint density at radius 2 is 1.85 bits per heavy atom. The molecule has 1 saturated carbocycles. The quantitative estimate of drug-likeness (QED) is 0.394. The molecular formula is C26H36N4O4. The van der Waals surface area contributed by atoms with Gasteiger partial charge in [0.1, 0.15) is 5.69 Å². The van der Waals surface area contributed by atoms with Crippen LogP contribution in [0.4, 0.5) is 16.2 Å². The second kappa shape index (κ2) is 11.8. The van der Waals surface area contributed by atoms with Crippen molar-refractivity contribution in [3.63, 3.8) is 0 Å². The highest BCUT2D eigenvalue weighted by molar-refractivity contribution is 5.74. The van der Waals surface area contributed by atoms with E-state index in [1.54, 1.807) is 11.0 Å². The lowest BCUT2D eigenvalue weighted by molar-refractivity contribution is -0.384. The van der Waals surface area contributed by atoms with E-state index in [0.717, 1.165) is 61.8 Å². The molecule has 1 aliphatic rings. The van der Waals surface area contributed by atoms with Gasteiger partial charge in [0, 0.05) is 38.3 Å². The Balaban J connectivity index is 1.85. The van der Waals surface area contributed by atoms with Crippen LogP contribution >= 0.6 is 0 Å². The zero-order valence-electron chi connectivity index (χ0n) is 20.4. The number of anilines is 1. The predicted molar refractivity (Wildman–Crippen MR) is 135 cm³/mol. The standard InChI is InChI=1S/C26H36N4O4/c1-4-5-15-28(2)24-14-9-21(17-25(24)30(32)33)20-8-6-7-19(16-20)18-29(26(31)34-3)23-12-10-22(27)11-13-23/h6-9,14,16-17,22-23H,4-5,10-13,15,18,27H2,1-3H3. The first-order valence-corrected chi connectivity index (χ1v) is 12.0. The SMILES string of the molecule is CCCCN(C)c1ccc(-c2cccc(CN(C(=O)OC)C3CCC(N)CC3)c2)cc1[N+](=O)[O-]. The molecule has 1 fully saturated rings. The average molecular weight is 469 g/mol. The number of amides is 1. The van der Waals surface area contributed by atoms with Crippen LogP contribution in [-0.2, 0) is 11.3 Å². The van der Waals surface area contributed by atoms with E-state index < -0.39 is 0 Å². The summed E-state index contributed by atoms with van der Waals surface area (Å²) < 4.78 is 5.06. The first-order chi connectivity index (χ1) is 16.3. The van der Waals surface area contributed by atoms with Crippen LogP contribution in [0.1, 0.15) is 51.0 Å². The Morgan fingerprint density at radius 3 is 2.50 bits per heavy atom. The lowest BCUT2D eigenvalue weighted by Crippen LogP contribution is -2.43. The van der Waals surface area contributed by atoms with Crippen LogP contribution < -0.4 is 10.6 Å². The fourth-order valence-electron chi connectivity index (χ4n) is 4.61. The third kappa shape index (κ3) is 6.26. The fourth-order valence-corrected chi connectivity index (χ4v) is 4.61. The highest BCUT2D eigenvalue weighted by atomic mass is 16.6. The van der Waals surface area contributed by atoms with Crippen molar-refractivity contribution >= 4 is 17.5 Å². The summed E-state index contributed by atoms with van der Waals surface area (Å²) >= 11 is 0. The third-order valence-electron chi connectivity index (χ3n) is 6.63. The van der Waals surface area contributed by atoms with Crippen molar-refractivity contribution in [1.29, 1.82) is 0 Å². The molecule has 8 heteroatoms. The number of ether oxygens (including phenoxy) is 1. The van der Waals surface area contributed by atoms with Gasteiger partial charge in [0.2, 0.25) is 0 Å². The Kier molecular flexibility index (Phi) is 8.87. The summed E-state index contributed by atoms with van der Waals surface area (Å²) in [5, 5.41) is 11.8. The molecule has 1 aliphatic carbocycles. The van der Waals surface area contributed by atoms with E-state index in [1.807, 2.05) is 48.3 Å². The number of nitrogens with two attached hydrogens (primary N) is 1. The number of rotatable bonds is 9. The molecule has 2 aromatic rings. The first-order valence-electron chi connectivity index (χ1n) is 12.0. The Morgan fingerprint density at radius 1 is 1.15 bits per heavy atom. The lowest BCUT2D eigenvalue weighted by atomic mass is 9.90. The van der Waals surface area contributed by atoms with Crippen molar-refractivity contribution in [3.8, 4) is 11.1 Å². The summed E-state index contributed by atoms with van der Waals surface area (Å²) in [7, 11) is 3.29. The molecule has 34 heavy (non-hydrogen) atoms. The monoisotopic (exact) mass is 468 g/mol. The summed E-state index contributed by atoms with van der Waals surface area (Å²) in [5.74, 6) is 0. The molecule has 2 N–H and O–H groups in total. The van der Waals surface area contributed by atoms with Gasteiger partial charge in [-0.05, 0) is 60.9 Å². The van der Waals surface area contributed by atoms with Crippen LogP contribution in [0.5, 0.6) is 0 Å². The molecule has 0 spiro atoms. The molecule has 0 aliphatic heterocycles. The molecule has 1 amide bonds. The highest BCUT2D eigenvalue weighted by Gasteiger charge is 2.28. The number of methoxy groups -OCH3 is 1. The summed E-state index contributed by atoms with van der Waals surface area (Å²) in [5.41, 5.74) is 9.35. The molecule has 0 aromatic heterocycles. The van der Waals surface area contributed by atoms with Gasteiger partial charge in [-0.3, -0.25) is 10.1 Å². The summed E-state index contributed by atoms with van der Waals surface area (Å²) in [4.78, 5) is 27.7. The van der Waals surface area contributed by atoms with E-state index >= 15 is 0 Å². The number of carbonyl (C=O) groups is 1. The molecule has 0 heterocycles. The van der Waals surface area contributed by atoms with Gasteiger partial charge in [-0.1, -0.05) is 37.6 Å². The van der Waals surface area contributed by atoms with Gasteiger partial charge in [0.15, 0.2) is 0 Å². The van der Waals surface area contributed by atoms with E-state index in [9.17, 15) is 14.9 Å². The van der Waals surface area contributed by atoms with Gasteiger partial charge in [0.05, 0.1) is 12.0 Å². The van der Waals surface area contributed by atoms with E-state index in [1.165, 1.54) is 7.11 Å². The summed E-state index contributed by atoms with van der Waals surface area (Å²) in [6.07, 6.45) is 5.15. The maximum atomic E-state index is 12.5. The maximum Gasteiger partial charge on any atom is 0.410 e. The molecule has 0 saturated heterocycles. The highest BCUT2D eigenvalue weighted by Crippen LogP contribution is 2.33. The number of nitro benzene ring substituents is 1. The number of nitrogens with zero attached hydrogens (tertiary/aromatic N) is 3. The lowest BCUT2D eigenvalue weighted by Gasteiger charge is -2.35.